The van der Waals surface area contributed by atoms with Gasteiger partial charge >= 0.3 is 0 Å². The minimum atomic E-state index is -1.01. The Labute approximate surface area is 135 Å². The Morgan fingerprint density at radius 2 is 1.76 bits per heavy atom. The lowest BCUT2D eigenvalue weighted by Gasteiger charge is -2.18. The van der Waals surface area contributed by atoms with Crippen molar-refractivity contribution < 1.29 is 10.2 Å². The summed E-state index contributed by atoms with van der Waals surface area (Å²) >= 11 is 0. The summed E-state index contributed by atoms with van der Waals surface area (Å²) in [5.41, 5.74) is 7.68. The normalized spacial score (nSPS) is 13.5. The van der Waals surface area contributed by atoms with Crippen LogP contribution in [0.15, 0.2) is 24.3 Å². The van der Waals surface area contributed by atoms with Crippen LogP contribution in [0.3, 0.4) is 0 Å². The lowest BCUT2D eigenvalue weighted by atomic mass is 9.95. The third kappa shape index (κ3) is 7.82. The van der Waals surface area contributed by atoms with E-state index in [-0.39, 0.29) is 24.9 Å². The summed E-state index contributed by atoms with van der Waals surface area (Å²) in [6.07, 6.45) is 7.78. The first-order chi connectivity index (χ1) is 9.69. The number of halogens is 1. The van der Waals surface area contributed by atoms with Crippen LogP contribution >= 0.6 is 12.4 Å². The van der Waals surface area contributed by atoms with E-state index in [0.717, 1.165) is 12.0 Å². The van der Waals surface area contributed by atoms with Crippen molar-refractivity contribution in [2.45, 2.75) is 64.0 Å². The standard InChI is InChI=1S/C17H29NO2.ClH/c1-2-3-4-5-6-7-9-14-10-8-11-15(12-14)16(13-19)17(18)20;/h8,10-12,16-17,19-20H,2-7,9,13,18H2,1H3;1H. The van der Waals surface area contributed by atoms with Gasteiger partial charge in [-0.25, -0.2) is 0 Å². The van der Waals surface area contributed by atoms with Crippen LogP contribution in [0.1, 0.15) is 62.5 Å². The number of rotatable bonds is 10. The summed E-state index contributed by atoms with van der Waals surface area (Å²) in [7, 11) is 0. The highest BCUT2D eigenvalue weighted by Crippen LogP contribution is 2.20. The molecule has 0 fully saturated rings. The monoisotopic (exact) mass is 315 g/mol. The largest absolute Gasteiger partial charge is 0.396 e. The molecule has 4 N–H and O–H groups in total. The summed E-state index contributed by atoms with van der Waals surface area (Å²) in [6, 6.07) is 8.06. The Morgan fingerprint density at radius 1 is 1.10 bits per heavy atom. The van der Waals surface area contributed by atoms with Crippen LogP contribution in [-0.2, 0) is 6.42 Å². The Balaban J connectivity index is 0.00000400. The molecule has 0 aliphatic heterocycles. The lowest BCUT2D eigenvalue weighted by Crippen LogP contribution is -2.30. The molecule has 0 radical (unpaired) electrons. The fourth-order valence-corrected chi connectivity index (χ4v) is 2.50. The number of aliphatic hydroxyl groups is 2. The van der Waals surface area contributed by atoms with Crippen LogP contribution in [0.5, 0.6) is 0 Å². The SMILES string of the molecule is CCCCCCCCc1cccc(C(CO)C(N)O)c1.Cl. The van der Waals surface area contributed by atoms with Gasteiger partial charge in [0.05, 0.1) is 6.61 Å². The molecule has 0 spiro atoms. The summed E-state index contributed by atoms with van der Waals surface area (Å²) in [5.74, 6) is -0.389. The third-order valence-corrected chi connectivity index (χ3v) is 3.81. The van der Waals surface area contributed by atoms with Gasteiger partial charge in [-0.2, -0.15) is 0 Å². The zero-order valence-corrected chi connectivity index (χ0v) is 13.8. The van der Waals surface area contributed by atoms with Gasteiger partial charge in [0.15, 0.2) is 0 Å². The first-order valence-electron chi connectivity index (χ1n) is 7.82. The Morgan fingerprint density at radius 3 is 2.38 bits per heavy atom. The molecule has 0 aliphatic rings. The molecule has 4 heteroatoms. The maximum absolute atomic E-state index is 9.47. The average molecular weight is 316 g/mol. The molecule has 2 unspecified atom stereocenters. The van der Waals surface area contributed by atoms with Crippen LogP contribution in [-0.4, -0.2) is 23.0 Å². The van der Waals surface area contributed by atoms with Gasteiger partial charge in [0, 0.05) is 5.92 Å². The summed E-state index contributed by atoms with van der Waals surface area (Å²) in [6.45, 7) is 2.10. The first kappa shape index (κ1) is 20.4. The molecule has 1 aromatic rings. The van der Waals surface area contributed by atoms with Crippen molar-refractivity contribution in [3.05, 3.63) is 35.4 Å². The number of aliphatic hydroxyl groups excluding tert-OH is 2. The van der Waals surface area contributed by atoms with Crippen molar-refractivity contribution >= 4 is 12.4 Å². The van der Waals surface area contributed by atoms with Crippen LogP contribution in [0.2, 0.25) is 0 Å². The van der Waals surface area contributed by atoms with Gasteiger partial charge in [0.2, 0.25) is 0 Å². The van der Waals surface area contributed by atoms with Crippen molar-refractivity contribution in [2.75, 3.05) is 6.61 Å². The topological polar surface area (TPSA) is 66.5 Å². The second-order valence-electron chi connectivity index (χ2n) is 5.54. The van der Waals surface area contributed by atoms with E-state index in [0.29, 0.717) is 0 Å². The van der Waals surface area contributed by atoms with Gasteiger partial charge in [0.1, 0.15) is 6.23 Å². The molecule has 0 amide bonds. The maximum Gasteiger partial charge on any atom is 0.111 e. The predicted molar refractivity (Wildman–Crippen MR) is 90.8 cm³/mol. The second-order valence-corrected chi connectivity index (χ2v) is 5.54. The van der Waals surface area contributed by atoms with Crippen molar-refractivity contribution in [3.63, 3.8) is 0 Å². The van der Waals surface area contributed by atoms with E-state index >= 15 is 0 Å². The second kappa shape index (κ2) is 12.0. The number of hydrogen-bond donors (Lipinski definition) is 3. The fraction of sp³-hybridized carbons (Fsp3) is 0.647. The average Bonchev–Trinajstić information content (AvgIpc) is 2.43. The highest BCUT2D eigenvalue weighted by atomic mass is 35.5. The number of unbranched alkanes of at least 4 members (excludes halogenated alkanes) is 5. The van der Waals surface area contributed by atoms with Gasteiger partial charge in [-0.05, 0) is 24.0 Å². The zero-order valence-electron chi connectivity index (χ0n) is 13.0. The first-order valence-corrected chi connectivity index (χ1v) is 7.82. The molecule has 122 valence electrons. The van der Waals surface area contributed by atoms with E-state index in [1.165, 1.54) is 44.1 Å². The van der Waals surface area contributed by atoms with E-state index in [1.807, 2.05) is 12.1 Å². The van der Waals surface area contributed by atoms with E-state index in [1.54, 1.807) is 0 Å². The molecule has 21 heavy (non-hydrogen) atoms. The molecule has 0 aromatic heterocycles. The molecular weight excluding hydrogens is 286 g/mol. The number of hydrogen-bond acceptors (Lipinski definition) is 3. The van der Waals surface area contributed by atoms with Crippen molar-refractivity contribution in [1.29, 1.82) is 0 Å². The lowest BCUT2D eigenvalue weighted by molar-refractivity contribution is 0.112. The Kier molecular flexibility index (Phi) is 11.6. The molecule has 0 bridgehead atoms. The van der Waals surface area contributed by atoms with E-state index in [4.69, 9.17) is 5.73 Å². The fourth-order valence-electron chi connectivity index (χ4n) is 2.50. The number of aryl methyl sites for hydroxylation is 1. The molecular formula is C17H30ClNO2. The maximum atomic E-state index is 9.47. The Bertz CT molecular complexity index is 372. The van der Waals surface area contributed by atoms with Gasteiger partial charge in [-0.1, -0.05) is 63.3 Å². The van der Waals surface area contributed by atoms with Crippen LogP contribution in [0.4, 0.5) is 0 Å². The van der Waals surface area contributed by atoms with Crippen molar-refractivity contribution in [3.8, 4) is 0 Å². The van der Waals surface area contributed by atoms with Crippen LogP contribution < -0.4 is 5.73 Å². The smallest absolute Gasteiger partial charge is 0.111 e. The zero-order chi connectivity index (χ0) is 14.8. The van der Waals surface area contributed by atoms with Crippen LogP contribution in [0, 0.1) is 0 Å². The quantitative estimate of drug-likeness (QED) is 0.458. The minimum Gasteiger partial charge on any atom is -0.396 e. The molecule has 3 nitrogen and oxygen atoms in total. The van der Waals surface area contributed by atoms with Gasteiger partial charge in [-0.3, -0.25) is 0 Å². The van der Waals surface area contributed by atoms with Gasteiger partial charge in [-0.15, -0.1) is 12.4 Å². The Hall–Kier alpha value is -0.610. The molecule has 0 aliphatic carbocycles. The van der Waals surface area contributed by atoms with E-state index < -0.39 is 6.23 Å². The molecule has 0 saturated heterocycles. The minimum absolute atomic E-state index is 0. The molecule has 2 atom stereocenters. The molecule has 0 heterocycles. The summed E-state index contributed by atoms with van der Waals surface area (Å²) in [4.78, 5) is 0. The summed E-state index contributed by atoms with van der Waals surface area (Å²) < 4.78 is 0. The van der Waals surface area contributed by atoms with Crippen molar-refractivity contribution in [1.82, 2.24) is 0 Å². The summed E-state index contributed by atoms with van der Waals surface area (Å²) in [5, 5.41) is 18.8. The molecule has 0 saturated carbocycles. The molecule has 1 aromatic carbocycles. The number of nitrogens with two attached hydrogens (primary N) is 1. The van der Waals surface area contributed by atoms with E-state index in [9.17, 15) is 10.2 Å². The third-order valence-electron chi connectivity index (χ3n) is 3.81. The molecule has 1 rings (SSSR count). The highest BCUT2D eigenvalue weighted by molar-refractivity contribution is 5.85. The van der Waals surface area contributed by atoms with Crippen molar-refractivity contribution in [2.24, 2.45) is 5.73 Å². The van der Waals surface area contributed by atoms with E-state index in [2.05, 4.69) is 19.1 Å². The predicted octanol–water partition coefficient (Wildman–Crippen LogP) is 3.36. The van der Waals surface area contributed by atoms with Gasteiger partial charge in [0.25, 0.3) is 0 Å². The number of benzene rings is 1. The van der Waals surface area contributed by atoms with Gasteiger partial charge < -0.3 is 15.9 Å². The highest BCUT2D eigenvalue weighted by Gasteiger charge is 2.16. The van der Waals surface area contributed by atoms with Crippen LogP contribution in [0.25, 0.3) is 0 Å².